The Balaban J connectivity index is 1.58. The normalized spacial score (nSPS) is 11.3. The molecule has 0 spiro atoms. The molecule has 178 valence electrons. The summed E-state index contributed by atoms with van der Waals surface area (Å²) < 4.78 is 14.5. The lowest BCUT2D eigenvalue weighted by Crippen LogP contribution is -2.18. The van der Waals surface area contributed by atoms with E-state index in [9.17, 15) is 14.0 Å². The molecule has 3 heterocycles. The highest BCUT2D eigenvalue weighted by molar-refractivity contribution is 6.03. The van der Waals surface area contributed by atoms with Crippen molar-refractivity contribution < 1.29 is 9.18 Å². The first-order valence-corrected chi connectivity index (χ1v) is 11.0. The third-order valence-corrected chi connectivity index (χ3v) is 5.36. The van der Waals surface area contributed by atoms with Crippen molar-refractivity contribution >= 4 is 11.6 Å². The Morgan fingerprint density at radius 1 is 1.09 bits per heavy atom. The van der Waals surface area contributed by atoms with Crippen molar-refractivity contribution in [1.29, 1.82) is 0 Å². The lowest BCUT2D eigenvalue weighted by molar-refractivity contribution is 0.102. The monoisotopic (exact) mass is 472 g/mol. The van der Waals surface area contributed by atoms with Gasteiger partial charge in [0.2, 0.25) is 0 Å². The van der Waals surface area contributed by atoms with Crippen LogP contribution < -0.4 is 10.9 Å². The number of rotatable bonds is 5. The molecule has 3 aromatic heterocycles. The molecule has 0 unspecified atom stereocenters. The van der Waals surface area contributed by atoms with Crippen molar-refractivity contribution in [2.24, 2.45) is 0 Å². The van der Waals surface area contributed by atoms with Crippen LogP contribution in [-0.4, -0.2) is 31.1 Å². The van der Waals surface area contributed by atoms with Crippen LogP contribution in [0.1, 0.15) is 53.9 Å². The van der Waals surface area contributed by atoms with Gasteiger partial charge in [-0.25, -0.2) is 14.5 Å². The van der Waals surface area contributed by atoms with Gasteiger partial charge in [0.15, 0.2) is 0 Å². The summed E-state index contributed by atoms with van der Waals surface area (Å²) >= 11 is 0. The molecule has 1 amide bonds. The molecule has 0 fully saturated rings. The van der Waals surface area contributed by atoms with E-state index in [-0.39, 0.29) is 22.4 Å². The summed E-state index contributed by atoms with van der Waals surface area (Å²) in [7, 11) is 0. The molecule has 9 heteroatoms. The summed E-state index contributed by atoms with van der Waals surface area (Å²) in [6.07, 6.45) is 3.23. The highest BCUT2D eigenvalue weighted by Gasteiger charge is 2.18. The number of aryl methyl sites for hydroxylation is 1. The zero-order valence-corrected chi connectivity index (χ0v) is 19.9. The molecule has 4 rings (SSSR count). The molecular weight excluding hydrogens is 447 g/mol. The summed E-state index contributed by atoms with van der Waals surface area (Å²) in [5, 5.41) is 9.12. The fourth-order valence-electron chi connectivity index (χ4n) is 3.42. The summed E-state index contributed by atoms with van der Waals surface area (Å²) in [5.74, 6) is -1.20. The third-order valence-electron chi connectivity index (χ3n) is 5.36. The standard InChI is InChI=1S/C26H25FN6O2/c1-15-6-5-7-18(30-15)10-17-12-20(32-33-24(17)34)16-8-9-19(27)21(11-16)31-25(35)22-13-29-23(14-28-22)26(2,3)4/h5-9,11-14H,10H2,1-4H3,(H,31,35)(H,33,34). The van der Waals surface area contributed by atoms with Gasteiger partial charge >= 0.3 is 0 Å². The van der Waals surface area contributed by atoms with Crippen LogP contribution in [0.25, 0.3) is 11.3 Å². The maximum Gasteiger partial charge on any atom is 0.275 e. The van der Waals surface area contributed by atoms with Crippen molar-refractivity contribution in [3.05, 3.63) is 99.4 Å². The SMILES string of the molecule is Cc1cccc(Cc2cc(-c3ccc(F)c(NC(=O)c4cnc(C(C)(C)C)cn4)c3)n[nH]c2=O)n1. The molecule has 0 saturated heterocycles. The first-order chi connectivity index (χ1) is 16.6. The third kappa shape index (κ3) is 5.63. The smallest absolute Gasteiger partial charge is 0.275 e. The van der Waals surface area contributed by atoms with Crippen molar-refractivity contribution in [1.82, 2.24) is 25.1 Å². The van der Waals surface area contributed by atoms with Gasteiger partial charge in [-0.05, 0) is 43.3 Å². The number of anilines is 1. The highest BCUT2D eigenvalue weighted by atomic mass is 19.1. The van der Waals surface area contributed by atoms with E-state index < -0.39 is 11.7 Å². The lowest BCUT2D eigenvalue weighted by Gasteiger charge is -2.16. The molecule has 4 aromatic rings. The van der Waals surface area contributed by atoms with Crippen LogP contribution in [0.3, 0.4) is 0 Å². The molecule has 8 nitrogen and oxygen atoms in total. The molecule has 0 bridgehead atoms. The zero-order chi connectivity index (χ0) is 25.2. The summed E-state index contributed by atoms with van der Waals surface area (Å²) in [4.78, 5) is 37.9. The number of carbonyl (C=O) groups is 1. The Bertz CT molecular complexity index is 1440. The maximum atomic E-state index is 14.5. The lowest BCUT2D eigenvalue weighted by atomic mass is 9.93. The molecule has 0 atom stereocenters. The number of hydrogen-bond acceptors (Lipinski definition) is 6. The molecule has 1 aromatic carbocycles. The van der Waals surface area contributed by atoms with Gasteiger partial charge in [0, 0.05) is 40.5 Å². The number of pyridine rings is 1. The minimum Gasteiger partial charge on any atom is -0.318 e. The molecule has 0 aliphatic carbocycles. The minimum atomic E-state index is -0.616. The largest absolute Gasteiger partial charge is 0.318 e. The number of carbonyl (C=O) groups excluding carboxylic acids is 1. The van der Waals surface area contributed by atoms with Crippen LogP contribution in [0.15, 0.2) is 59.7 Å². The molecule has 35 heavy (non-hydrogen) atoms. The van der Waals surface area contributed by atoms with Crippen LogP contribution in [0.4, 0.5) is 10.1 Å². The Hall–Kier alpha value is -4.27. The van der Waals surface area contributed by atoms with Gasteiger partial charge in [-0.3, -0.25) is 19.6 Å². The van der Waals surface area contributed by atoms with Crippen LogP contribution >= 0.6 is 0 Å². The molecule has 0 aliphatic rings. The number of aromatic nitrogens is 5. The molecule has 0 radical (unpaired) electrons. The number of nitrogens with one attached hydrogen (secondary N) is 2. The van der Waals surface area contributed by atoms with Gasteiger partial charge in [-0.2, -0.15) is 5.10 Å². The van der Waals surface area contributed by atoms with Crippen LogP contribution in [0.2, 0.25) is 0 Å². The van der Waals surface area contributed by atoms with E-state index in [0.29, 0.717) is 23.2 Å². The second-order valence-corrected chi connectivity index (χ2v) is 9.24. The van der Waals surface area contributed by atoms with Crippen molar-refractivity contribution in [2.45, 2.75) is 39.5 Å². The van der Waals surface area contributed by atoms with Crippen molar-refractivity contribution in [3.8, 4) is 11.3 Å². The fraction of sp³-hybridized carbons (Fsp3) is 0.231. The van der Waals surface area contributed by atoms with Crippen LogP contribution in [-0.2, 0) is 11.8 Å². The van der Waals surface area contributed by atoms with Crippen LogP contribution in [0, 0.1) is 12.7 Å². The molecule has 0 aliphatic heterocycles. The second-order valence-electron chi connectivity index (χ2n) is 9.24. The number of aromatic amines is 1. The summed E-state index contributed by atoms with van der Waals surface area (Å²) in [5.41, 5.74) is 3.25. The van der Waals surface area contributed by atoms with Crippen LogP contribution in [0.5, 0.6) is 0 Å². The first kappa shape index (κ1) is 23.9. The number of benzene rings is 1. The van der Waals surface area contributed by atoms with Gasteiger partial charge in [0.25, 0.3) is 11.5 Å². The number of amides is 1. The Morgan fingerprint density at radius 2 is 1.89 bits per heavy atom. The Labute approximate surface area is 201 Å². The summed E-state index contributed by atoms with van der Waals surface area (Å²) in [6.45, 7) is 7.85. The second kappa shape index (κ2) is 9.54. The highest BCUT2D eigenvalue weighted by Crippen LogP contribution is 2.24. The predicted molar refractivity (Wildman–Crippen MR) is 131 cm³/mol. The number of nitrogens with zero attached hydrogens (tertiary/aromatic N) is 4. The van der Waals surface area contributed by atoms with Gasteiger partial charge in [0.1, 0.15) is 11.5 Å². The van der Waals surface area contributed by atoms with E-state index in [0.717, 1.165) is 17.1 Å². The van der Waals surface area contributed by atoms with Gasteiger partial charge in [-0.15, -0.1) is 0 Å². The molecule has 2 N–H and O–H groups in total. The molecule has 0 saturated carbocycles. The van der Waals surface area contributed by atoms with Gasteiger partial charge < -0.3 is 5.32 Å². The van der Waals surface area contributed by atoms with Gasteiger partial charge in [-0.1, -0.05) is 26.8 Å². The Morgan fingerprint density at radius 3 is 2.57 bits per heavy atom. The van der Waals surface area contributed by atoms with E-state index in [1.54, 1.807) is 6.07 Å². The minimum absolute atomic E-state index is 0.0379. The quantitative estimate of drug-likeness (QED) is 0.450. The average molecular weight is 473 g/mol. The Kier molecular flexibility index (Phi) is 6.50. The zero-order valence-electron chi connectivity index (χ0n) is 19.9. The number of hydrogen-bond donors (Lipinski definition) is 2. The van der Waals surface area contributed by atoms with E-state index in [4.69, 9.17) is 0 Å². The predicted octanol–water partition coefficient (Wildman–Crippen LogP) is 4.21. The van der Waals surface area contributed by atoms with E-state index >= 15 is 0 Å². The van der Waals surface area contributed by atoms with Crippen molar-refractivity contribution in [3.63, 3.8) is 0 Å². The number of halogens is 1. The topological polar surface area (TPSA) is 114 Å². The van der Waals surface area contributed by atoms with Gasteiger partial charge in [0.05, 0.1) is 23.3 Å². The average Bonchev–Trinajstić information content (AvgIpc) is 2.81. The fourth-order valence-corrected chi connectivity index (χ4v) is 3.42. The molecular formula is C26H25FN6O2. The first-order valence-electron chi connectivity index (χ1n) is 11.0. The maximum absolute atomic E-state index is 14.5. The number of H-pyrrole nitrogens is 1. The van der Waals surface area contributed by atoms with Crippen molar-refractivity contribution in [2.75, 3.05) is 5.32 Å². The van der Waals surface area contributed by atoms with E-state index in [1.165, 1.54) is 30.6 Å². The van der Waals surface area contributed by atoms with E-state index in [2.05, 4.69) is 30.5 Å². The van der Waals surface area contributed by atoms with E-state index in [1.807, 2.05) is 45.9 Å². The summed E-state index contributed by atoms with van der Waals surface area (Å²) in [6, 6.07) is 11.5.